The molecule has 0 spiro atoms. The van der Waals surface area contributed by atoms with Crippen molar-refractivity contribution < 1.29 is 19.3 Å². The van der Waals surface area contributed by atoms with Crippen LogP contribution in [0.1, 0.15) is 56.9 Å². The highest BCUT2D eigenvalue weighted by molar-refractivity contribution is 5.43. The van der Waals surface area contributed by atoms with E-state index in [4.69, 9.17) is 14.2 Å². The van der Waals surface area contributed by atoms with Gasteiger partial charge in [0.15, 0.2) is 11.5 Å². The molecule has 2 aliphatic rings. The number of aliphatic hydroxyl groups is 1. The molecule has 1 saturated heterocycles. The molecule has 1 atom stereocenters. The molecule has 6 nitrogen and oxygen atoms in total. The van der Waals surface area contributed by atoms with Gasteiger partial charge in [-0.2, -0.15) is 0 Å². The molecule has 2 fully saturated rings. The molecule has 1 saturated carbocycles. The standard InChI is InChI=1S/C26H44N2O4/c1-27(14-11-21-12-15-31-16-13-21)18-22-9-10-25(26(17-22)30-3)32-20-24(29)19-28(2)23-7-5-4-6-8-23/h9-10,17,21,23-24,29H,4-8,11-16,18-20H2,1-3H3/t24-/m1/s1. The number of aliphatic hydroxyl groups excluding tert-OH is 1. The van der Waals surface area contributed by atoms with Crippen LogP contribution in [0.5, 0.6) is 11.5 Å². The first-order chi connectivity index (χ1) is 15.5. The highest BCUT2D eigenvalue weighted by Gasteiger charge is 2.21. The van der Waals surface area contributed by atoms with Gasteiger partial charge in [-0.3, -0.25) is 0 Å². The van der Waals surface area contributed by atoms with E-state index in [0.29, 0.717) is 18.3 Å². The molecule has 6 heteroatoms. The molecular weight excluding hydrogens is 404 g/mol. The summed E-state index contributed by atoms with van der Waals surface area (Å²) < 4.78 is 17.0. The van der Waals surface area contributed by atoms with Crippen molar-refractivity contribution in [1.29, 1.82) is 0 Å². The third-order valence-corrected chi connectivity index (χ3v) is 7.07. The average Bonchev–Trinajstić information content (AvgIpc) is 2.83. The molecule has 0 aromatic heterocycles. The maximum atomic E-state index is 10.5. The Hall–Kier alpha value is -1.34. The summed E-state index contributed by atoms with van der Waals surface area (Å²) in [6, 6.07) is 6.72. The van der Waals surface area contributed by atoms with E-state index in [1.165, 1.54) is 56.9 Å². The molecule has 1 aliphatic carbocycles. The van der Waals surface area contributed by atoms with Gasteiger partial charge in [0, 0.05) is 32.3 Å². The number of likely N-dealkylation sites (N-methyl/N-ethyl adjacent to an activating group) is 1. The average molecular weight is 449 g/mol. The van der Waals surface area contributed by atoms with Crippen LogP contribution in [0.4, 0.5) is 0 Å². The number of hydrogen-bond donors (Lipinski definition) is 1. The van der Waals surface area contributed by atoms with Gasteiger partial charge < -0.3 is 29.1 Å². The fourth-order valence-electron chi connectivity index (χ4n) is 5.00. The lowest BCUT2D eigenvalue weighted by atomic mass is 9.94. The van der Waals surface area contributed by atoms with Crippen LogP contribution in [-0.2, 0) is 11.3 Å². The zero-order chi connectivity index (χ0) is 22.8. The van der Waals surface area contributed by atoms with Crippen LogP contribution < -0.4 is 9.47 Å². The van der Waals surface area contributed by atoms with Crippen LogP contribution in [0.2, 0.25) is 0 Å². The lowest BCUT2D eigenvalue weighted by Crippen LogP contribution is -2.40. The van der Waals surface area contributed by atoms with Crippen LogP contribution in [0.3, 0.4) is 0 Å². The first-order valence-electron chi connectivity index (χ1n) is 12.5. The summed E-state index contributed by atoms with van der Waals surface area (Å²) in [5, 5.41) is 10.5. The molecule has 0 unspecified atom stereocenters. The largest absolute Gasteiger partial charge is 0.493 e. The zero-order valence-corrected chi connectivity index (χ0v) is 20.4. The highest BCUT2D eigenvalue weighted by atomic mass is 16.5. The lowest BCUT2D eigenvalue weighted by molar-refractivity contribution is 0.0553. The van der Waals surface area contributed by atoms with E-state index >= 15 is 0 Å². The Bertz CT molecular complexity index is 659. The Balaban J connectivity index is 1.43. The molecule has 1 aliphatic heterocycles. The van der Waals surface area contributed by atoms with Gasteiger partial charge in [-0.05, 0) is 76.4 Å². The monoisotopic (exact) mass is 448 g/mol. The fraction of sp³-hybridized carbons (Fsp3) is 0.769. The van der Waals surface area contributed by atoms with Crippen molar-refractivity contribution in [3.8, 4) is 11.5 Å². The van der Waals surface area contributed by atoms with Gasteiger partial charge in [0.05, 0.1) is 7.11 Å². The van der Waals surface area contributed by atoms with Crippen LogP contribution in [0, 0.1) is 5.92 Å². The van der Waals surface area contributed by atoms with Gasteiger partial charge in [-0.25, -0.2) is 0 Å². The van der Waals surface area contributed by atoms with Crippen molar-refractivity contribution in [3.63, 3.8) is 0 Å². The van der Waals surface area contributed by atoms with Gasteiger partial charge in [-0.1, -0.05) is 25.3 Å². The molecule has 1 aromatic rings. The van der Waals surface area contributed by atoms with Crippen molar-refractivity contribution in [2.75, 3.05) is 54.1 Å². The summed E-state index contributed by atoms with van der Waals surface area (Å²) in [4.78, 5) is 4.67. The zero-order valence-electron chi connectivity index (χ0n) is 20.4. The summed E-state index contributed by atoms with van der Waals surface area (Å²) >= 11 is 0. The predicted molar refractivity (Wildman–Crippen MR) is 128 cm³/mol. The minimum atomic E-state index is -0.511. The Labute approximate surface area is 194 Å². The molecule has 3 rings (SSSR count). The number of rotatable bonds is 12. The fourth-order valence-corrected chi connectivity index (χ4v) is 5.00. The van der Waals surface area contributed by atoms with Crippen molar-refractivity contribution in [2.45, 2.75) is 70.1 Å². The molecule has 32 heavy (non-hydrogen) atoms. The van der Waals surface area contributed by atoms with Crippen molar-refractivity contribution in [1.82, 2.24) is 9.80 Å². The second-order valence-electron chi connectivity index (χ2n) is 9.76. The molecule has 0 radical (unpaired) electrons. The first kappa shape index (κ1) is 25.3. The summed E-state index contributed by atoms with van der Waals surface area (Å²) in [7, 11) is 5.97. The molecule has 1 aromatic carbocycles. The summed E-state index contributed by atoms with van der Waals surface area (Å²) in [5.74, 6) is 2.22. The lowest BCUT2D eigenvalue weighted by Gasteiger charge is -2.32. The Kier molecular flexibility index (Phi) is 10.6. The summed E-state index contributed by atoms with van der Waals surface area (Å²) in [5.41, 5.74) is 1.21. The van der Waals surface area contributed by atoms with E-state index < -0.39 is 6.10 Å². The van der Waals surface area contributed by atoms with Crippen molar-refractivity contribution in [3.05, 3.63) is 23.8 Å². The smallest absolute Gasteiger partial charge is 0.161 e. The predicted octanol–water partition coefficient (Wildman–Crippen LogP) is 3.95. The Morgan fingerprint density at radius 3 is 2.53 bits per heavy atom. The maximum Gasteiger partial charge on any atom is 0.161 e. The van der Waals surface area contributed by atoms with Crippen LogP contribution in [0.15, 0.2) is 18.2 Å². The summed E-state index contributed by atoms with van der Waals surface area (Å²) in [6.45, 7) is 4.72. The van der Waals surface area contributed by atoms with Gasteiger partial charge in [0.25, 0.3) is 0 Å². The summed E-state index contributed by atoms with van der Waals surface area (Å²) in [6.07, 6.45) is 9.52. The van der Waals surface area contributed by atoms with Crippen LogP contribution in [0.25, 0.3) is 0 Å². The minimum Gasteiger partial charge on any atom is -0.493 e. The first-order valence-corrected chi connectivity index (χ1v) is 12.5. The van der Waals surface area contributed by atoms with Crippen molar-refractivity contribution in [2.24, 2.45) is 5.92 Å². The van der Waals surface area contributed by atoms with E-state index in [9.17, 15) is 5.11 Å². The number of hydrogen-bond acceptors (Lipinski definition) is 6. The van der Waals surface area contributed by atoms with Crippen LogP contribution >= 0.6 is 0 Å². The Morgan fingerprint density at radius 1 is 1.06 bits per heavy atom. The van der Waals surface area contributed by atoms with Crippen LogP contribution in [-0.4, -0.2) is 81.2 Å². The van der Waals surface area contributed by atoms with Gasteiger partial charge in [0.1, 0.15) is 12.7 Å². The molecule has 182 valence electrons. The molecule has 0 bridgehead atoms. The number of methoxy groups -OCH3 is 1. The number of nitrogens with zero attached hydrogens (tertiary/aromatic N) is 2. The van der Waals surface area contributed by atoms with Crippen molar-refractivity contribution >= 4 is 0 Å². The van der Waals surface area contributed by atoms with E-state index in [0.717, 1.165) is 38.0 Å². The molecule has 0 amide bonds. The molecule has 1 N–H and O–H groups in total. The second-order valence-corrected chi connectivity index (χ2v) is 9.76. The van der Waals surface area contributed by atoms with Gasteiger partial charge >= 0.3 is 0 Å². The van der Waals surface area contributed by atoms with Gasteiger partial charge in [-0.15, -0.1) is 0 Å². The van der Waals surface area contributed by atoms with Gasteiger partial charge in [0.2, 0.25) is 0 Å². The van der Waals surface area contributed by atoms with E-state index in [-0.39, 0.29) is 6.61 Å². The SMILES string of the molecule is COc1cc(CN(C)CCC2CCOCC2)ccc1OC[C@H](O)CN(C)C1CCCCC1. The minimum absolute atomic E-state index is 0.276. The second kappa shape index (κ2) is 13.4. The number of ether oxygens (including phenoxy) is 3. The Morgan fingerprint density at radius 2 is 1.81 bits per heavy atom. The van der Waals surface area contributed by atoms with E-state index in [2.05, 4.69) is 36.0 Å². The van der Waals surface area contributed by atoms with E-state index in [1.807, 2.05) is 6.07 Å². The maximum absolute atomic E-state index is 10.5. The highest BCUT2D eigenvalue weighted by Crippen LogP contribution is 2.29. The number of benzene rings is 1. The normalized spacial score (nSPS) is 19.4. The third kappa shape index (κ3) is 8.22. The molecule has 1 heterocycles. The topological polar surface area (TPSA) is 54.4 Å². The van der Waals surface area contributed by atoms with E-state index in [1.54, 1.807) is 7.11 Å². The quantitative estimate of drug-likeness (QED) is 0.523. The third-order valence-electron chi connectivity index (χ3n) is 7.07. The molecular formula is C26H44N2O4.